The van der Waals surface area contributed by atoms with Crippen LogP contribution in [0.5, 0.6) is 0 Å². The number of aromatic nitrogens is 4. The molecule has 4 rings (SSSR count). The van der Waals surface area contributed by atoms with Crippen molar-refractivity contribution < 1.29 is 9.53 Å². The van der Waals surface area contributed by atoms with E-state index in [4.69, 9.17) is 16.3 Å². The van der Waals surface area contributed by atoms with Crippen molar-refractivity contribution in [3.05, 3.63) is 39.2 Å². The molecule has 2 aliphatic rings. The highest BCUT2D eigenvalue weighted by atomic mass is 35.5. The van der Waals surface area contributed by atoms with Crippen molar-refractivity contribution in [1.29, 1.82) is 0 Å². The van der Waals surface area contributed by atoms with Crippen molar-refractivity contribution >= 4 is 23.3 Å². The number of imidazole rings is 1. The first kappa shape index (κ1) is 18.0. The van der Waals surface area contributed by atoms with Crippen molar-refractivity contribution in [2.24, 2.45) is 0 Å². The smallest absolute Gasteiger partial charge is 0.283 e. The van der Waals surface area contributed by atoms with Gasteiger partial charge >= 0.3 is 0 Å². The summed E-state index contributed by atoms with van der Waals surface area (Å²) in [6, 6.07) is 1.54. The third kappa shape index (κ3) is 3.57. The number of aryl methyl sites for hydroxylation is 1. The minimum absolute atomic E-state index is 0.0936. The normalized spacial score (nSPS) is 21.9. The summed E-state index contributed by atoms with van der Waals surface area (Å²) in [6.07, 6.45) is 3.57. The van der Waals surface area contributed by atoms with Gasteiger partial charge in [-0.3, -0.25) is 9.59 Å². The fourth-order valence-electron chi connectivity index (χ4n) is 3.57. The predicted molar refractivity (Wildman–Crippen MR) is 99.3 cm³/mol. The Morgan fingerprint density at radius 2 is 2.33 bits per heavy atom. The fourth-order valence-corrected chi connectivity index (χ4v) is 3.71. The summed E-state index contributed by atoms with van der Waals surface area (Å²) in [5.41, 5.74) is -0.420. The number of halogens is 1. The van der Waals surface area contributed by atoms with Crippen LogP contribution in [0.25, 0.3) is 0 Å². The quantitative estimate of drug-likeness (QED) is 0.789. The number of nitrogens with zero attached hydrogens (tertiary/aromatic N) is 4. The van der Waals surface area contributed by atoms with E-state index in [2.05, 4.69) is 20.5 Å². The number of anilines is 1. The topological polar surface area (TPSA) is 105 Å². The van der Waals surface area contributed by atoms with Gasteiger partial charge in [-0.1, -0.05) is 11.6 Å². The lowest BCUT2D eigenvalue weighted by molar-refractivity contribution is -0.0395. The van der Waals surface area contributed by atoms with Gasteiger partial charge in [-0.2, -0.15) is 5.10 Å². The molecule has 0 radical (unpaired) electrons. The van der Waals surface area contributed by atoms with Crippen LogP contribution in [0.4, 0.5) is 5.82 Å². The zero-order valence-corrected chi connectivity index (χ0v) is 15.8. The summed E-state index contributed by atoms with van der Waals surface area (Å²) in [7, 11) is 0. The van der Waals surface area contributed by atoms with E-state index in [-0.39, 0.29) is 10.9 Å². The van der Waals surface area contributed by atoms with Crippen LogP contribution in [0.15, 0.2) is 17.1 Å². The average Bonchev–Trinajstić information content (AvgIpc) is 3.26. The highest BCUT2D eigenvalue weighted by Crippen LogP contribution is 2.22. The van der Waals surface area contributed by atoms with Gasteiger partial charge in [0, 0.05) is 38.7 Å². The summed E-state index contributed by atoms with van der Waals surface area (Å²) in [4.78, 5) is 30.3. The van der Waals surface area contributed by atoms with E-state index >= 15 is 0 Å². The van der Waals surface area contributed by atoms with Crippen LogP contribution in [-0.4, -0.2) is 57.5 Å². The van der Waals surface area contributed by atoms with Gasteiger partial charge < -0.3 is 19.5 Å². The Kier molecular flexibility index (Phi) is 4.65. The van der Waals surface area contributed by atoms with E-state index in [1.165, 1.54) is 0 Å². The standard InChI is InChI=1S/C17H21ClN6O3/c1-17(9-20-16(26)12-8-19-13-3-2-4-24(12)13)10-23(5-6-27-17)14-7-11(18)15(25)22-21-14/h7-8H,2-6,9-10H2,1H3,(H,20,26)(H,22,25). The first-order chi connectivity index (χ1) is 13.0. The van der Waals surface area contributed by atoms with Gasteiger partial charge in [0.1, 0.15) is 22.1 Å². The van der Waals surface area contributed by atoms with Crippen LogP contribution >= 0.6 is 11.6 Å². The molecule has 2 N–H and O–H groups in total. The molecule has 1 amide bonds. The lowest BCUT2D eigenvalue weighted by atomic mass is 10.0. The Balaban J connectivity index is 1.42. The molecule has 10 heteroatoms. The molecule has 0 saturated carbocycles. The molecular weight excluding hydrogens is 372 g/mol. The Hall–Kier alpha value is -2.39. The van der Waals surface area contributed by atoms with Crippen molar-refractivity contribution in [3.8, 4) is 0 Å². The summed E-state index contributed by atoms with van der Waals surface area (Å²) in [5, 5.41) is 9.49. The lowest BCUT2D eigenvalue weighted by Gasteiger charge is -2.41. The van der Waals surface area contributed by atoms with Gasteiger partial charge in [0.25, 0.3) is 11.5 Å². The molecule has 0 aromatic carbocycles. The SMILES string of the molecule is CC1(CNC(=O)c2cnc3n2CCC3)CN(c2cc(Cl)c(=O)[nH]n2)CCO1. The number of hydrogen-bond acceptors (Lipinski definition) is 6. The van der Waals surface area contributed by atoms with Gasteiger partial charge in [-0.05, 0) is 13.3 Å². The number of carbonyl (C=O) groups is 1. The molecule has 27 heavy (non-hydrogen) atoms. The number of hydrogen-bond donors (Lipinski definition) is 2. The molecule has 2 aromatic rings. The Morgan fingerprint density at radius 1 is 1.48 bits per heavy atom. The first-order valence-corrected chi connectivity index (χ1v) is 9.30. The van der Waals surface area contributed by atoms with Crippen LogP contribution in [0.1, 0.15) is 29.7 Å². The van der Waals surface area contributed by atoms with Gasteiger partial charge in [0.2, 0.25) is 0 Å². The highest BCUT2D eigenvalue weighted by molar-refractivity contribution is 6.30. The number of rotatable bonds is 4. The maximum absolute atomic E-state index is 12.6. The molecule has 2 aromatic heterocycles. The minimum atomic E-state index is -0.591. The molecule has 1 fully saturated rings. The summed E-state index contributed by atoms with van der Waals surface area (Å²) in [5.74, 6) is 1.39. The number of ether oxygens (including phenoxy) is 1. The molecule has 0 spiro atoms. The molecule has 144 valence electrons. The van der Waals surface area contributed by atoms with Gasteiger partial charge in [-0.15, -0.1) is 0 Å². The molecule has 4 heterocycles. The van der Waals surface area contributed by atoms with E-state index in [1.807, 2.05) is 16.4 Å². The lowest BCUT2D eigenvalue weighted by Crippen LogP contribution is -2.56. The monoisotopic (exact) mass is 392 g/mol. The molecule has 9 nitrogen and oxygen atoms in total. The van der Waals surface area contributed by atoms with E-state index in [1.54, 1.807) is 12.3 Å². The van der Waals surface area contributed by atoms with Crippen LogP contribution in [0, 0.1) is 0 Å². The number of H-pyrrole nitrogens is 1. The van der Waals surface area contributed by atoms with E-state index < -0.39 is 11.2 Å². The van der Waals surface area contributed by atoms with Gasteiger partial charge in [0.05, 0.1) is 12.8 Å². The fraction of sp³-hybridized carbons (Fsp3) is 0.529. The second kappa shape index (κ2) is 6.97. The largest absolute Gasteiger partial charge is 0.370 e. The number of fused-ring (bicyclic) bond motifs is 1. The number of morpholine rings is 1. The minimum Gasteiger partial charge on any atom is -0.370 e. The third-order valence-corrected chi connectivity index (χ3v) is 5.26. The maximum atomic E-state index is 12.6. The molecule has 0 aliphatic carbocycles. The number of nitrogens with one attached hydrogen (secondary N) is 2. The Labute approximate surface area is 160 Å². The Morgan fingerprint density at radius 3 is 3.15 bits per heavy atom. The van der Waals surface area contributed by atoms with Crippen LogP contribution < -0.4 is 15.8 Å². The van der Waals surface area contributed by atoms with Crippen molar-refractivity contribution in [2.75, 3.05) is 31.1 Å². The van der Waals surface area contributed by atoms with E-state index in [0.717, 1.165) is 25.2 Å². The molecule has 1 saturated heterocycles. The Bertz CT molecular complexity index is 926. The van der Waals surface area contributed by atoms with Crippen molar-refractivity contribution in [2.45, 2.75) is 31.9 Å². The molecule has 0 bridgehead atoms. The maximum Gasteiger partial charge on any atom is 0.283 e. The molecular formula is C17H21ClN6O3. The van der Waals surface area contributed by atoms with E-state index in [9.17, 15) is 9.59 Å². The second-order valence-electron chi connectivity index (χ2n) is 7.12. The number of aromatic amines is 1. The van der Waals surface area contributed by atoms with Crippen LogP contribution in [0.3, 0.4) is 0 Å². The highest BCUT2D eigenvalue weighted by Gasteiger charge is 2.34. The first-order valence-electron chi connectivity index (χ1n) is 8.92. The molecule has 1 atom stereocenters. The number of carbonyl (C=O) groups excluding carboxylic acids is 1. The van der Waals surface area contributed by atoms with E-state index in [0.29, 0.717) is 37.8 Å². The zero-order valence-electron chi connectivity index (χ0n) is 15.0. The predicted octanol–water partition coefficient (Wildman–Crippen LogP) is 0.591. The van der Waals surface area contributed by atoms with Crippen LogP contribution in [0.2, 0.25) is 5.02 Å². The van der Waals surface area contributed by atoms with Crippen LogP contribution in [-0.2, 0) is 17.7 Å². The summed E-state index contributed by atoms with van der Waals surface area (Å²) >= 11 is 5.90. The van der Waals surface area contributed by atoms with Gasteiger partial charge in [-0.25, -0.2) is 10.1 Å². The zero-order chi connectivity index (χ0) is 19.0. The number of amides is 1. The average molecular weight is 393 g/mol. The summed E-state index contributed by atoms with van der Waals surface area (Å²) < 4.78 is 7.89. The third-order valence-electron chi connectivity index (χ3n) is 4.98. The molecule has 1 unspecified atom stereocenters. The second-order valence-corrected chi connectivity index (χ2v) is 7.53. The van der Waals surface area contributed by atoms with Gasteiger partial charge in [0.15, 0.2) is 5.82 Å². The van der Waals surface area contributed by atoms with Crippen molar-refractivity contribution in [3.63, 3.8) is 0 Å². The summed E-state index contributed by atoms with van der Waals surface area (Å²) in [6.45, 7) is 4.72. The van der Waals surface area contributed by atoms with Crippen molar-refractivity contribution in [1.82, 2.24) is 25.1 Å². The molecule has 2 aliphatic heterocycles.